The van der Waals surface area contributed by atoms with Gasteiger partial charge in [0.2, 0.25) is 0 Å². The fraction of sp³-hybridized carbons (Fsp3) is 0.533. The summed E-state index contributed by atoms with van der Waals surface area (Å²) < 4.78 is 23.0. The molecule has 0 aromatic heterocycles. The summed E-state index contributed by atoms with van der Waals surface area (Å²) in [6.07, 6.45) is 1.95. The molecule has 0 unspecified atom stereocenters. The number of hydrogen-bond acceptors (Lipinski definition) is 6. The molecule has 0 aliphatic rings. The van der Waals surface area contributed by atoms with Crippen LogP contribution in [-0.2, 0) is 9.84 Å². The molecule has 0 radical (unpaired) electrons. The molecule has 0 heterocycles. The number of hydrogen-bond donors (Lipinski definition) is 3. The Morgan fingerprint density at radius 2 is 2.04 bits per heavy atom. The second-order valence-corrected chi connectivity index (χ2v) is 8.03. The first-order valence-electron chi connectivity index (χ1n) is 7.87. The Balaban J connectivity index is 2.61. The molecule has 4 N–H and O–H groups in total. The van der Waals surface area contributed by atoms with Gasteiger partial charge in [0, 0.05) is 32.0 Å². The van der Waals surface area contributed by atoms with Crippen LogP contribution in [0, 0.1) is 16.0 Å². The molecule has 1 aromatic rings. The van der Waals surface area contributed by atoms with Gasteiger partial charge in [0.25, 0.3) is 5.69 Å². The molecule has 25 heavy (non-hydrogen) atoms. The van der Waals surface area contributed by atoms with E-state index in [0.717, 1.165) is 18.7 Å². The molecule has 1 aromatic carbocycles. The molecule has 10 heteroatoms. The Bertz CT molecular complexity index is 731. The number of nitro benzene ring substituents is 1. The van der Waals surface area contributed by atoms with Crippen molar-refractivity contribution in [1.29, 1.82) is 0 Å². The van der Waals surface area contributed by atoms with Crippen LogP contribution in [0.15, 0.2) is 28.1 Å². The summed E-state index contributed by atoms with van der Waals surface area (Å²) in [5, 5.41) is 16.9. The Kier molecular flexibility index (Phi) is 7.62. The van der Waals surface area contributed by atoms with E-state index < -0.39 is 14.8 Å². The van der Waals surface area contributed by atoms with Crippen molar-refractivity contribution in [1.82, 2.24) is 5.32 Å². The van der Waals surface area contributed by atoms with Gasteiger partial charge in [0.1, 0.15) is 5.69 Å². The third-order valence-corrected chi connectivity index (χ3v) is 4.44. The number of benzene rings is 1. The Hall–Kier alpha value is -2.36. The largest absolute Gasteiger partial charge is 0.378 e. The molecule has 0 aliphatic heterocycles. The van der Waals surface area contributed by atoms with Gasteiger partial charge < -0.3 is 16.4 Å². The molecular formula is C15H25N5O4S. The minimum absolute atomic E-state index is 0.0931. The number of nitrogens with zero attached hydrogens (tertiary/aromatic N) is 2. The molecule has 0 fully saturated rings. The van der Waals surface area contributed by atoms with Gasteiger partial charge in [-0.25, -0.2) is 8.42 Å². The van der Waals surface area contributed by atoms with Crippen molar-refractivity contribution in [3.8, 4) is 0 Å². The molecular weight excluding hydrogens is 346 g/mol. The van der Waals surface area contributed by atoms with Crippen molar-refractivity contribution in [3.63, 3.8) is 0 Å². The van der Waals surface area contributed by atoms with Crippen LogP contribution in [-0.4, -0.2) is 45.2 Å². The first kappa shape index (κ1) is 20.7. The van der Waals surface area contributed by atoms with Crippen LogP contribution in [0.3, 0.4) is 0 Å². The molecule has 0 spiro atoms. The van der Waals surface area contributed by atoms with Crippen molar-refractivity contribution in [3.05, 3.63) is 28.3 Å². The topological polar surface area (TPSA) is 140 Å². The highest BCUT2D eigenvalue weighted by atomic mass is 32.2. The number of nitrogens with one attached hydrogen (secondary N) is 2. The lowest BCUT2D eigenvalue weighted by Crippen LogP contribution is -2.35. The third kappa shape index (κ3) is 7.38. The van der Waals surface area contributed by atoms with Crippen LogP contribution in [0.4, 0.5) is 11.4 Å². The van der Waals surface area contributed by atoms with E-state index in [1.165, 1.54) is 12.1 Å². The van der Waals surface area contributed by atoms with Gasteiger partial charge >= 0.3 is 0 Å². The van der Waals surface area contributed by atoms with Gasteiger partial charge in [-0.3, -0.25) is 15.1 Å². The first-order valence-corrected chi connectivity index (χ1v) is 9.76. The standard InChI is InChI=1S/C15H25N5O4S/c1-11(2)6-7-18-15(16)19-9-8-17-13-5-4-12(25(3,23)24)10-14(13)20(21)22/h4-5,10-11,17H,6-9H2,1-3H3,(H3,16,18,19). The minimum atomic E-state index is -3.50. The first-order chi connectivity index (χ1) is 11.6. The van der Waals surface area contributed by atoms with E-state index in [1.54, 1.807) is 0 Å². The van der Waals surface area contributed by atoms with Crippen LogP contribution >= 0.6 is 0 Å². The van der Waals surface area contributed by atoms with Crippen LogP contribution in [0.5, 0.6) is 0 Å². The van der Waals surface area contributed by atoms with E-state index in [0.29, 0.717) is 31.5 Å². The van der Waals surface area contributed by atoms with Crippen LogP contribution in [0.2, 0.25) is 0 Å². The summed E-state index contributed by atoms with van der Waals surface area (Å²) >= 11 is 0. The van der Waals surface area contributed by atoms with Gasteiger partial charge in [-0.2, -0.15) is 0 Å². The van der Waals surface area contributed by atoms with Crippen LogP contribution in [0.25, 0.3) is 0 Å². The maximum atomic E-state index is 11.5. The summed E-state index contributed by atoms with van der Waals surface area (Å²) in [6.45, 7) is 5.62. The van der Waals surface area contributed by atoms with E-state index in [9.17, 15) is 18.5 Å². The van der Waals surface area contributed by atoms with E-state index in [1.807, 2.05) is 0 Å². The molecule has 0 aliphatic carbocycles. The van der Waals surface area contributed by atoms with Gasteiger partial charge in [-0.05, 0) is 24.5 Å². The summed E-state index contributed by atoms with van der Waals surface area (Å²) in [4.78, 5) is 14.6. The average Bonchev–Trinajstić information content (AvgIpc) is 2.50. The second-order valence-electron chi connectivity index (χ2n) is 6.01. The monoisotopic (exact) mass is 371 g/mol. The van der Waals surface area contributed by atoms with Crippen molar-refractivity contribution in [2.45, 2.75) is 25.2 Å². The normalized spacial score (nSPS) is 12.2. The highest BCUT2D eigenvalue weighted by Crippen LogP contribution is 2.27. The van der Waals surface area contributed by atoms with Crippen molar-refractivity contribution in [2.75, 3.05) is 31.2 Å². The van der Waals surface area contributed by atoms with Gasteiger partial charge in [0.15, 0.2) is 15.8 Å². The second kappa shape index (κ2) is 9.21. The molecule has 0 amide bonds. The highest BCUT2D eigenvalue weighted by Gasteiger charge is 2.18. The number of nitro groups is 1. The lowest BCUT2D eigenvalue weighted by molar-refractivity contribution is -0.384. The predicted molar refractivity (Wildman–Crippen MR) is 98.6 cm³/mol. The van der Waals surface area contributed by atoms with Crippen LogP contribution < -0.4 is 16.4 Å². The quantitative estimate of drug-likeness (QED) is 0.196. The maximum absolute atomic E-state index is 11.5. The lowest BCUT2D eigenvalue weighted by Gasteiger charge is -2.10. The van der Waals surface area contributed by atoms with E-state index >= 15 is 0 Å². The number of anilines is 1. The van der Waals surface area contributed by atoms with Gasteiger partial charge in [-0.15, -0.1) is 0 Å². The van der Waals surface area contributed by atoms with Crippen LogP contribution in [0.1, 0.15) is 20.3 Å². The molecule has 0 bridgehead atoms. The lowest BCUT2D eigenvalue weighted by atomic mass is 10.1. The Labute approximate surface area is 147 Å². The fourth-order valence-electron chi connectivity index (χ4n) is 1.93. The van der Waals surface area contributed by atoms with Gasteiger partial charge in [-0.1, -0.05) is 13.8 Å². The summed E-state index contributed by atoms with van der Waals surface area (Å²) in [5.41, 5.74) is 5.68. The number of sulfone groups is 1. The van der Waals surface area contributed by atoms with Crippen molar-refractivity contribution < 1.29 is 13.3 Å². The zero-order valence-corrected chi connectivity index (χ0v) is 15.5. The third-order valence-electron chi connectivity index (χ3n) is 3.33. The zero-order valence-electron chi connectivity index (χ0n) is 14.7. The van der Waals surface area contributed by atoms with Crippen molar-refractivity contribution >= 4 is 27.2 Å². The number of guanidine groups is 1. The molecule has 0 atom stereocenters. The zero-order chi connectivity index (χ0) is 19.0. The molecule has 140 valence electrons. The van der Waals surface area contributed by atoms with E-state index in [2.05, 4.69) is 29.5 Å². The summed E-state index contributed by atoms with van der Waals surface area (Å²) in [7, 11) is -3.50. The molecule has 0 saturated carbocycles. The van der Waals surface area contributed by atoms with Gasteiger partial charge in [0.05, 0.1) is 9.82 Å². The highest BCUT2D eigenvalue weighted by molar-refractivity contribution is 7.90. The van der Waals surface area contributed by atoms with E-state index in [-0.39, 0.29) is 16.3 Å². The minimum Gasteiger partial charge on any atom is -0.378 e. The Morgan fingerprint density at radius 1 is 1.36 bits per heavy atom. The maximum Gasteiger partial charge on any atom is 0.293 e. The number of nitrogens with two attached hydrogens (primary N) is 1. The summed E-state index contributed by atoms with van der Waals surface area (Å²) in [5.74, 6) is 0.873. The predicted octanol–water partition coefficient (Wildman–Crippen LogP) is 1.36. The smallest absolute Gasteiger partial charge is 0.293 e. The molecule has 0 saturated heterocycles. The molecule has 9 nitrogen and oxygen atoms in total. The summed E-state index contributed by atoms with van der Waals surface area (Å²) in [6, 6.07) is 3.77. The SMILES string of the molecule is CC(C)CCN=C(N)NCCNc1ccc(S(C)(=O)=O)cc1[N+](=O)[O-]. The average molecular weight is 371 g/mol. The Morgan fingerprint density at radius 3 is 2.60 bits per heavy atom. The number of aliphatic imine (C=N–C) groups is 1. The molecule has 1 rings (SSSR count). The van der Waals surface area contributed by atoms with Crippen molar-refractivity contribution in [2.24, 2.45) is 16.6 Å². The van der Waals surface area contributed by atoms with E-state index in [4.69, 9.17) is 5.73 Å². The number of rotatable bonds is 9. The fourth-order valence-corrected chi connectivity index (χ4v) is 2.57.